The van der Waals surface area contributed by atoms with Crippen LogP contribution in [0.1, 0.15) is 13.8 Å². The van der Waals surface area contributed by atoms with Crippen LogP contribution < -0.4 is 9.64 Å². The van der Waals surface area contributed by atoms with Crippen molar-refractivity contribution in [3.63, 3.8) is 0 Å². The highest BCUT2D eigenvalue weighted by atomic mass is 35.5. The summed E-state index contributed by atoms with van der Waals surface area (Å²) in [6, 6.07) is 8.40. The lowest BCUT2D eigenvalue weighted by molar-refractivity contribution is 0.204. The number of carboxylic acid groups (broad SMARTS) is 1. The van der Waals surface area contributed by atoms with E-state index in [0.717, 1.165) is 4.90 Å². The number of nitrogens with zero attached hydrogens (tertiary/aromatic N) is 4. The van der Waals surface area contributed by atoms with Crippen molar-refractivity contribution < 1.29 is 14.6 Å². The van der Waals surface area contributed by atoms with E-state index in [2.05, 4.69) is 15.0 Å². The minimum absolute atomic E-state index is 0.0258. The van der Waals surface area contributed by atoms with E-state index in [1.807, 2.05) is 0 Å². The Hall–Kier alpha value is -2.41. The van der Waals surface area contributed by atoms with Gasteiger partial charge in [-0.2, -0.15) is 15.0 Å². The van der Waals surface area contributed by atoms with Gasteiger partial charge in [-0.25, -0.2) is 9.69 Å². The first kappa shape index (κ1) is 15.0. The Morgan fingerprint density at radius 1 is 1.24 bits per heavy atom. The first-order valence-electron chi connectivity index (χ1n) is 6.13. The van der Waals surface area contributed by atoms with Gasteiger partial charge in [0.15, 0.2) is 0 Å². The zero-order valence-corrected chi connectivity index (χ0v) is 12.2. The standard InChI is InChI=1S/C13H13ClN4O3/c1-8(2)21-12-16-10(14)15-11(17-12)18(13(19)20)9-6-4-3-5-7-9/h3-8H,1-2H3,(H,19,20). The molecule has 0 saturated carbocycles. The maximum absolute atomic E-state index is 11.5. The molecule has 0 unspecified atom stereocenters. The SMILES string of the molecule is CC(C)Oc1nc(Cl)nc(N(C(=O)O)c2ccccc2)n1. The summed E-state index contributed by atoms with van der Waals surface area (Å²) in [7, 11) is 0. The molecule has 7 nitrogen and oxygen atoms in total. The molecule has 1 heterocycles. The topological polar surface area (TPSA) is 88.4 Å². The average molecular weight is 309 g/mol. The van der Waals surface area contributed by atoms with Gasteiger partial charge in [-0.1, -0.05) is 18.2 Å². The second-order valence-electron chi connectivity index (χ2n) is 4.31. The predicted octanol–water partition coefficient (Wildman–Crippen LogP) is 3.13. The number of halogens is 1. The first-order chi connectivity index (χ1) is 9.97. The minimum Gasteiger partial charge on any atom is -0.464 e. The van der Waals surface area contributed by atoms with Gasteiger partial charge in [0.25, 0.3) is 0 Å². The van der Waals surface area contributed by atoms with Crippen LogP contribution in [0.4, 0.5) is 16.4 Å². The van der Waals surface area contributed by atoms with Crippen molar-refractivity contribution in [2.45, 2.75) is 20.0 Å². The fourth-order valence-electron chi connectivity index (χ4n) is 1.57. The Balaban J connectivity index is 2.46. The Morgan fingerprint density at radius 3 is 2.48 bits per heavy atom. The number of benzene rings is 1. The van der Waals surface area contributed by atoms with Crippen LogP contribution in [0, 0.1) is 0 Å². The number of hydrogen-bond acceptors (Lipinski definition) is 5. The lowest BCUT2D eigenvalue weighted by Gasteiger charge is -2.17. The van der Waals surface area contributed by atoms with Gasteiger partial charge in [-0.3, -0.25) is 0 Å². The molecule has 1 aromatic carbocycles. The molecule has 2 aromatic rings. The van der Waals surface area contributed by atoms with E-state index in [4.69, 9.17) is 16.3 Å². The molecule has 21 heavy (non-hydrogen) atoms. The van der Waals surface area contributed by atoms with Crippen molar-refractivity contribution in [1.29, 1.82) is 0 Å². The lowest BCUT2D eigenvalue weighted by Crippen LogP contribution is -2.26. The highest BCUT2D eigenvalue weighted by Gasteiger charge is 2.22. The Labute approximate surface area is 126 Å². The summed E-state index contributed by atoms with van der Waals surface area (Å²) in [5.41, 5.74) is 0.391. The molecule has 0 fully saturated rings. The summed E-state index contributed by atoms with van der Waals surface area (Å²) in [4.78, 5) is 24.0. The third-order valence-electron chi connectivity index (χ3n) is 2.32. The summed E-state index contributed by atoms with van der Waals surface area (Å²) < 4.78 is 5.34. The third-order valence-corrected chi connectivity index (χ3v) is 2.49. The van der Waals surface area contributed by atoms with Crippen LogP contribution in [-0.2, 0) is 0 Å². The molecule has 1 amide bonds. The van der Waals surface area contributed by atoms with E-state index >= 15 is 0 Å². The van der Waals surface area contributed by atoms with E-state index in [-0.39, 0.29) is 23.3 Å². The van der Waals surface area contributed by atoms with Gasteiger partial charge in [0.05, 0.1) is 11.8 Å². The first-order valence-corrected chi connectivity index (χ1v) is 6.51. The second-order valence-corrected chi connectivity index (χ2v) is 4.65. The molecule has 2 rings (SSSR count). The molecular weight excluding hydrogens is 296 g/mol. The van der Waals surface area contributed by atoms with Crippen LogP contribution in [0.25, 0.3) is 0 Å². The summed E-state index contributed by atoms with van der Waals surface area (Å²) >= 11 is 5.81. The number of aromatic nitrogens is 3. The number of para-hydroxylation sites is 1. The smallest absolute Gasteiger partial charge is 0.418 e. The van der Waals surface area contributed by atoms with Crippen LogP contribution >= 0.6 is 11.6 Å². The quantitative estimate of drug-likeness (QED) is 0.933. The molecule has 0 aliphatic rings. The molecule has 110 valence electrons. The maximum Gasteiger partial charge on any atom is 0.418 e. The molecule has 0 bridgehead atoms. The van der Waals surface area contributed by atoms with Gasteiger partial charge in [0, 0.05) is 0 Å². The molecule has 8 heteroatoms. The van der Waals surface area contributed by atoms with Gasteiger partial charge in [-0.15, -0.1) is 0 Å². The van der Waals surface area contributed by atoms with Gasteiger partial charge >= 0.3 is 12.1 Å². The van der Waals surface area contributed by atoms with E-state index in [9.17, 15) is 9.90 Å². The number of amides is 1. The van der Waals surface area contributed by atoms with Crippen LogP contribution in [0.5, 0.6) is 6.01 Å². The van der Waals surface area contributed by atoms with Gasteiger partial charge < -0.3 is 9.84 Å². The summed E-state index contributed by atoms with van der Waals surface area (Å²) in [5, 5.41) is 9.24. The zero-order valence-electron chi connectivity index (χ0n) is 11.4. The van der Waals surface area contributed by atoms with Crippen LogP contribution in [0.2, 0.25) is 5.28 Å². The molecule has 1 N–H and O–H groups in total. The third kappa shape index (κ3) is 3.79. The van der Waals surface area contributed by atoms with E-state index in [1.165, 1.54) is 0 Å². The Morgan fingerprint density at radius 2 is 1.90 bits per heavy atom. The van der Waals surface area contributed by atoms with Crippen molar-refractivity contribution in [3.05, 3.63) is 35.6 Å². The molecule has 0 spiro atoms. The number of anilines is 2. The largest absolute Gasteiger partial charge is 0.464 e. The summed E-state index contributed by atoms with van der Waals surface area (Å²) in [5.74, 6) is -0.121. The predicted molar refractivity (Wildman–Crippen MR) is 77.2 cm³/mol. The Bertz CT molecular complexity index is 637. The fraction of sp³-hybridized carbons (Fsp3) is 0.231. The van der Waals surface area contributed by atoms with Gasteiger partial charge in [0.2, 0.25) is 11.2 Å². The van der Waals surface area contributed by atoms with Crippen molar-refractivity contribution >= 4 is 29.3 Å². The molecule has 0 radical (unpaired) electrons. The van der Waals surface area contributed by atoms with Crippen molar-refractivity contribution in [1.82, 2.24) is 15.0 Å². The normalized spacial score (nSPS) is 10.5. The number of ether oxygens (including phenoxy) is 1. The molecule has 0 atom stereocenters. The van der Waals surface area contributed by atoms with E-state index < -0.39 is 6.09 Å². The highest BCUT2D eigenvalue weighted by molar-refractivity contribution is 6.28. The summed E-state index contributed by atoms with van der Waals surface area (Å²) in [6.45, 7) is 3.59. The Kier molecular flexibility index (Phi) is 4.54. The molecule has 0 aliphatic heterocycles. The molecular formula is C13H13ClN4O3. The van der Waals surface area contributed by atoms with Crippen molar-refractivity contribution in [3.8, 4) is 6.01 Å². The van der Waals surface area contributed by atoms with Gasteiger partial charge in [-0.05, 0) is 37.6 Å². The number of rotatable bonds is 4. The summed E-state index contributed by atoms with van der Waals surface area (Å²) in [6.07, 6.45) is -1.41. The number of hydrogen-bond donors (Lipinski definition) is 1. The van der Waals surface area contributed by atoms with Crippen molar-refractivity contribution in [2.75, 3.05) is 4.90 Å². The van der Waals surface area contributed by atoms with Crippen LogP contribution in [-0.4, -0.2) is 32.3 Å². The zero-order chi connectivity index (χ0) is 15.4. The minimum atomic E-state index is -1.24. The molecule has 0 saturated heterocycles. The van der Waals surface area contributed by atoms with E-state index in [1.54, 1.807) is 44.2 Å². The average Bonchev–Trinajstić information content (AvgIpc) is 2.38. The number of carbonyl (C=O) groups is 1. The van der Waals surface area contributed by atoms with Gasteiger partial charge in [0.1, 0.15) is 0 Å². The maximum atomic E-state index is 11.5. The fourth-order valence-corrected chi connectivity index (χ4v) is 1.72. The van der Waals surface area contributed by atoms with Crippen molar-refractivity contribution in [2.24, 2.45) is 0 Å². The van der Waals surface area contributed by atoms with Crippen LogP contribution in [0.15, 0.2) is 30.3 Å². The lowest BCUT2D eigenvalue weighted by atomic mass is 10.3. The second kappa shape index (κ2) is 6.36. The highest BCUT2D eigenvalue weighted by Crippen LogP contribution is 2.24. The van der Waals surface area contributed by atoms with E-state index in [0.29, 0.717) is 5.69 Å². The molecule has 1 aromatic heterocycles. The monoisotopic (exact) mass is 308 g/mol. The van der Waals surface area contributed by atoms with Crippen LogP contribution in [0.3, 0.4) is 0 Å². The molecule has 0 aliphatic carbocycles.